The molecule has 0 saturated carbocycles. The highest BCUT2D eigenvalue weighted by Gasteiger charge is 2.15. The molecule has 2 unspecified atom stereocenters. The fourth-order valence-electron chi connectivity index (χ4n) is 2.54. The summed E-state index contributed by atoms with van der Waals surface area (Å²) in [4.78, 5) is 11.6. The molecule has 31 heavy (non-hydrogen) atoms. The van der Waals surface area contributed by atoms with E-state index in [0.29, 0.717) is 47.5 Å². The number of esters is 1. The highest BCUT2D eigenvalue weighted by molar-refractivity contribution is 5.88. The molecule has 168 valence electrons. The number of benzene rings is 2. The minimum atomic E-state index is -0.476. The molecule has 2 aromatic rings. The van der Waals surface area contributed by atoms with Crippen LogP contribution in [-0.2, 0) is 14.3 Å². The van der Waals surface area contributed by atoms with Gasteiger partial charge in [-0.2, -0.15) is 0 Å². The Morgan fingerprint density at radius 1 is 0.839 bits per heavy atom. The van der Waals surface area contributed by atoms with Gasteiger partial charge in [0.1, 0.15) is 17.2 Å². The monoisotopic (exact) mass is 430 g/mol. The van der Waals surface area contributed by atoms with E-state index in [-0.39, 0.29) is 0 Å². The topological polar surface area (TPSA) is 72.5 Å². The molecule has 0 heterocycles. The number of carbonyl (C=O) groups excluding carboxylic acids is 1. The van der Waals surface area contributed by atoms with Gasteiger partial charge in [-0.1, -0.05) is 6.58 Å². The van der Waals surface area contributed by atoms with Crippen molar-refractivity contribution < 1.29 is 33.2 Å². The van der Waals surface area contributed by atoms with E-state index in [4.69, 9.17) is 28.4 Å². The lowest BCUT2D eigenvalue weighted by molar-refractivity contribution is -0.130. The molecule has 7 nitrogen and oxygen atoms in total. The van der Waals surface area contributed by atoms with Crippen molar-refractivity contribution in [1.29, 1.82) is 0 Å². The zero-order valence-corrected chi connectivity index (χ0v) is 18.7. The van der Waals surface area contributed by atoms with Crippen molar-refractivity contribution in [3.8, 4) is 28.7 Å². The Hall–Kier alpha value is -3.03. The van der Waals surface area contributed by atoms with E-state index in [0.717, 1.165) is 0 Å². The van der Waals surface area contributed by atoms with Crippen LogP contribution in [0.1, 0.15) is 34.6 Å². The van der Waals surface area contributed by atoms with Crippen LogP contribution in [0.3, 0.4) is 0 Å². The van der Waals surface area contributed by atoms with Crippen LogP contribution in [0.2, 0.25) is 0 Å². The molecule has 0 aliphatic rings. The highest BCUT2D eigenvalue weighted by atomic mass is 16.7. The summed E-state index contributed by atoms with van der Waals surface area (Å²) in [6, 6.07) is 11.9. The molecule has 0 spiro atoms. The second-order valence-electron chi connectivity index (χ2n) is 6.63. The van der Waals surface area contributed by atoms with Gasteiger partial charge in [0.2, 0.25) is 0 Å². The predicted octanol–water partition coefficient (Wildman–Crippen LogP) is 5.48. The van der Waals surface area contributed by atoms with Crippen LogP contribution >= 0.6 is 0 Å². The van der Waals surface area contributed by atoms with Crippen LogP contribution in [0.25, 0.3) is 0 Å². The number of ether oxygens (including phenoxy) is 6. The van der Waals surface area contributed by atoms with Crippen LogP contribution in [0, 0.1) is 0 Å². The molecule has 0 aliphatic carbocycles. The Kier molecular flexibility index (Phi) is 9.37. The standard InChI is InChI=1S/C24H30O7/c1-7-26-17(5)28-22-14-13-21(15-23(22)29-18(6)27-8-2)30-19-9-11-20(12-10-19)31-24(25)16(3)4/h9-15,17-18H,3,7-8H2,1-2,4-6H3. The quantitative estimate of drug-likeness (QED) is 0.191. The number of rotatable bonds is 12. The molecule has 0 bridgehead atoms. The van der Waals surface area contributed by atoms with Gasteiger partial charge in [0.05, 0.1) is 0 Å². The third-order valence-corrected chi connectivity index (χ3v) is 3.92. The number of carbonyl (C=O) groups is 1. The minimum Gasteiger partial charge on any atom is -0.461 e. The minimum absolute atomic E-state index is 0.329. The van der Waals surface area contributed by atoms with Crippen LogP contribution in [0.15, 0.2) is 54.6 Å². The zero-order chi connectivity index (χ0) is 22.8. The lowest BCUT2D eigenvalue weighted by Crippen LogP contribution is -2.19. The fourth-order valence-corrected chi connectivity index (χ4v) is 2.54. The van der Waals surface area contributed by atoms with Crippen LogP contribution in [0.5, 0.6) is 28.7 Å². The van der Waals surface area contributed by atoms with Gasteiger partial charge in [0.15, 0.2) is 24.1 Å². The highest BCUT2D eigenvalue weighted by Crippen LogP contribution is 2.35. The van der Waals surface area contributed by atoms with E-state index in [2.05, 4.69) is 6.58 Å². The van der Waals surface area contributed by atoms with Gasteiger partial charge in [-0.15, -0.1) is 0 Å². The summed E-state index contributed by atoms with van der Waals surface area (Å²) in [5, 5.41) is 0. The van der Waals surface area contributed by atoms with Gasteiger partial charge < -0.3 is 28.4 Å². The molecule has 0 amide bonds. The van der Waals surface area contributed by atoms with Crippen molar-refractivity contribution in [3.05, 3.63) is 54.6 Å². The number of hydrogen-bond acceptors (Lipinski definition) is 7. The molecule has 0 radical (unpaired) electrons. The first-order valence-electron chi connectivity index (χ1n) is 10.2. The molecule has 2 rings (SSSR count). The average molecular weight is 430 g/mol. The van der Waals surface area contributed by atoms with E-state index in [1.807, 2.05) is 20.8 Å². The van der Waals surface area contributed by atoms with Crippen molar-refractivity contribution in [2.75, 3.05) is 13.2 Å². The summed E-state index contributed by atoms with van der Waals surface area (Å²) in [5.41, 5.74) is 0.329. The Balaban J connectivity index is 2.16. The van der Waals surface area contributed by atoms with Gasteiger partial charge in [0, 0.05) is 24.9 Å². The molecule has 0 aliphatic heterocycles. The average Bonchev–Trinajstić information content (AvgIpc) is 2.71. The third-order valence-electron chi connectivity index (χ3n) is 3.92. The molecule has 0 aromatic heterocycles. The SMILES string of the molecule is C=C(C)C(=O)Oc1ccc(Oc2ccc(OC(C)OCC)c(OC(C)OCC)c2)cc1. The van der Waals surface area contributed by atoms with Crippen LogP contribution in [0.4, 0.5) is 0 Å². The van der Waals surface area contributed by atoms with Crippen molar-refractivity contribution in [3.63, 3.8) is 0 Å². The van der Waals surface area contributed by atoms with Crippen LogP contribution < -0.4 is 18.9 Å². The summed E-state index contributed by atoms with van der Waals surface area (Å²) >= 11 is 0. The Labute approximate surface area is 183 Å². The van der Waals surface area contributed by atoms with Crippen molar-refractivity contribution in [2.24, 2.45) is 0 Å². The summed E-state index contributed by atoms with van der Waals surface area (Å²) < 4.78 is 33.7. The lowest BCUT2D eigenvalue weighted by atomic mass is 10.3. The maximum absolute atomic E-state index is 11.6. The molecule has 0 N–H and O–H groups in total. The molecule has 7 heteroatoms. The molecule has 2 aromatic carbocycles. The second-order valence-corrected chi connectivity index (χ2v) is 6.63. The Morgan fingerprint density at radius 3 is 1.90 bits per heavy atom. The van der Waals surface area contributed by atoms with Gasteiger partial charge in [0.25, 0.3) is 0 Å². The summed E-state index contributed by atoms with van der Waals surface area (Å²) in [7, 11) is 0. The van der Waals surface area contributed by atoms with Crippen molar-refractivity contribution >= 4 is 5.97 Å². The lowest BCUT2D eigenvalue weighted by Gasteiger charge is -2.21. The van der Waals surface area contributed by atoms with Crippen molar-refractivity contribution in [1.82, 2.24) is 0 Å². The smallest absolute Gasteiger partial charge is 0.338 e. The fraction of sp³-hybridized carbons (Fsp3) is 0.375. The van der Waals surface area contributed by atoms with Gasteiger partial charge >= 0.3 is 5.97 Å². The van der Waals surface area contributed by atoms with Crippen LogP contribution in [-0.4, -0.2) is 31.8 Å². The first-order chi connectivity index (χ1) is 14.8. The summed E-state index contributed by atoms with van der Waals surface area (Å²) in [5.74, 6) is 2.02. The molecule has 0 fully saturated rings. The number of hydrogen-bond donors (Lipinski definition) is 0. The Bertz CT molecular complexity index is 861. The molecule has 0 saturated heterocycles. The van der Waals surface area contributed by atoms with E-state index in [9.17, 15) is 4.79 Å². The summed E-state index contributed by atoms with van der Waals surface area (Å²) in [6.45, 7) is 13.6. The largest absolute Gasteiger partial charge is 0.461 e. The summed E-state index contributed by atoms with van der Waals surface area (Å²) in [6.07, 6.45) is -0.900. The molecular weight excluding hydrogens is 400 g/mol. The van der Waals surface area contributed by atoms with E-state index in [1.165, 1.54) is 0 Å². The first kappa shape index (κ1) is 24.2. The van der Waals surface area contributed by atoms with Gasteiger partial charge in [-0.25, -0.2) is 4.79 Å². The normalized spacial score (nSPS) is 12.5. The molecule has 2 atom stereocenters. The maximum Gasteiger partial charge on any atom is 0.338 e. The maximum atomic E-state index is 11.6. The van der Waals surface area contributed by atoms with E-state index < -0.39 is 18.5 Å². The van der Waals surface area contributed by atoms with Gasteiger partial charge in [-0.3, -0.25) is 0 Å². The van der Waals surface area contributed by atoms with Gasteiger partial charge in [-0.05, 0) is 71.0 Å². The zero-order valence-electron chi connectivity index (χ0n) is 18.7. The van der Waals surface area contributed by atoms with E-state index >= 15 is 0 Å². The second kappa shape index (κ2) is 12.0. The Morgan fingerprint density at radius 2 is 1.35 bits per heavy atom. The van der Waals surface area contributed by atoms with Crippen molar-refractivity contribution in [2.45, 2.75) is 47.2 Å². The van der Waals surface area contributed by atoms with E-state index in [1.54, 1.807) is 56.3 Å². The molecular formula is C24H30O7. The first-order valence-corrected chi connectivity index (χ1v) is 10.2. The third kappa shape index (κ3) is 7.96. The predicted molar refractivity (Wildman–Crippen MR) is 117 cm³/mol.